The number of carbonyl (C=O) groups excluding carboxylic acids is 3. The number of hydrogen-bond acceptors (Lipinski definition) is 12. The van der Waals surface area contributed by atoms with E-state index in [0.717, 1.165) is 31.4 Å². The molecule has 3 rings (SSSR count). The van der Waals surface area contributed by atoms with Gasteiger partial charge in [0, 0.05) is 30.5 Å². The Morgan fingerprint density at radius 3 is 2.37 bits per heavy atom. The van der Waals surface area contributed by atoms with Crippen molar-refractivity contribution < 1.29 is 38.0 Å². The van der Waals surface area contributed by atoms with Crippen LogP contribution in [0.25, 0.3) is 0 Å². The van der Waals surface area contributed by atoms with Crippen LogP contribution in [0.4, 0.5) is 5.69 Å². The van der Waals surface area contributed by atoms with E-state index >= 15 is 0 Å². The zero-order chi connectivity index (χ0) is 42.5. The van der Waals surface area contributed by atoms with Gasteiger partial charge in [-0.1, -0.05) is 61.3 Å². The maximum atomic E-state index is 15.0. The van der Waals surface area contributed by atoms with Crippen LogP contribution in [0, 0.1) is 22.0 Å². The molecule has 0 bridgehead atoms. The predicted octanol–water partition coefficient (Wildman–Crippen LogP) is 8.09. The summed E-state index contributed by atoms with van der Waals surface area (Å²) in [5.74, 6) is -1.30. The van der Waals surface area contributed by atoms with Crippen molar-refractivity contribution in [1.82, 2.24) is 20.3 Å². The van der Waals surface area contributed by atoms with E-state index in [1.165, 1.54) is 28.5 Å². The number of non-ortho nitro benzene ring substituents is 1. The molecule has 16 heteroatoms. The van der Waals surface area contributed by atoms with Crippen molar-refractivity contribution in [2.75, 3.05) is 33.4 Å². The number of likely N-dealkylation sites (tertiary alicyclic amines) is 1. The number of hydrogen-bond donors (Lipinski definition) is 1. The first-order valence-electron chi connectivity index (χ1n) is 20.4. The number of nitrogens with zero attached hydrogens (tertiary/aromatic N) is 4. The van der Waals surface area contributed by atoms with Crippen LogP contribution in [0.1, 0.15) is 121 Å². The monoisotopic (exact) mass is 833 g/mol. The van der Waals surface area contributed by atoms with Gasteiger partial charge in [0.2, 0.25) is 5.91 Å². The van der Waals surface area contributed by atoms with Crippen LogP contribution in [0.5, 0.6) is 0 Å². The summed E-state index contributed by atoms with van der Waals surface area (Å²) < 4.78 is 18.2. The van der Waals surface area contributed by atoms with Crippen molar-refractivity contribution >= 4 is 43.1 Å². The lowest BCUT2D eigenvalue weighted by Crippen LogP contribution is -2.58. The molecule has 0 saturated carbocycles. The van der Waals surface area contributed by atoms with E-state index in [1.54, 1.807) is 24.4 Å². The highest BCUT2D eigenvalue weighted by molar-refractivity contribution is 7.09. The summed E-state index contributed by atoms with van der Waals surface area (Å²) in [5, 5.41) is 17.8. The van der Waals surface area contributed by atoms with E-state index in [2.05, 4.69) is 44.1 Å². The summed E-state index contributed by atoms with van der Waals surface area (Å²) >= 11 is 1.33. The molecule has 0 unspecified atom stereocenters. The lowest BCUT2D eigenvalue weighted by atomic mass is 9.93. The van der Waals surface area contributed by atoms with E-state index in [4.69, 9.17) is 23.7 Å². The lowest BCUT2D eigenvalue weighted by Gasteiger charge is -2.42. The molecule has 1 aromatic carbocycles. The Labute approximate surface area is 344 Å². The molecule has 320 valence electrons. The quantitative estimate of drug-likeness (QED) is 0.0401. The Kier molecular flexibility index (Phi) is 18.7. The highest BCUT2D eigenvalue weighted by Crippen LogP contribution is 2.42. The van der Waals surface area contributed by atoms with E-state index < -0.39 is 37.4 Å². The molecule has 1 aromatic heterocycles. The third-order valence-corrected chi connectivity index (χ3v) is 16.6. The molecular formula is C41H67N5O9SSi. The second kappa shape index (κ2) is 22.2. The van der Waals surface area contributed by atoms with Crippen LogP contribution in [-0.4, -0.2) is 97.5 Å². The minimum Gasteiger partial charge on any atom is -0.461 e. The Morgan fingerprint density at radius 2 is 1.79 bits per heavy atom. The van der Waals surface area contributed by atoms with E-state index in [0.29, 0.717) is 30.9 Å². The number of amides is 2. The van der Waals surface area contributed by atoms with Crippen molar-refractivity contribution in [1.29, 1.82) is 0 Å². The largest absolute Gasteiger partial charge is 0.461 e. The molecule has 1 aliphatic rings. The number of rotatable bonds is 22. The molecule has 2 aromatic rings. The molecule has 2 heterocycles. The highest BCUT2D eigenvalue weighted by Gasteiger charge is 2.43. The summed E-state index contributed by atoms with van der Waals surface area (Å²) in [6.45, 7) is 22.4. The number of hydroxylamine groups is 2. The first kappa shape index (κ1) is 48.1. The van der Waals surface area contributed by atoms with Crippen LogP contribution in [-0.2, 0) is 34.9 Å². The van der Waals surface area contributed by atoms with Crippen molar-refractivity contribution in [2.24, 2.45) is 11.8 Å². The zero-order valence-electron chi connectivity index (χ0n) is 36.0. The fraction of sp³-hybridized carbons (Fsp3) is 0.707. The van der Waals surface area contributed by atoms with Gasteiger partial charge in [0.25, 0.3) is 11.6 Å². The number of esters is 1. The molecule has 2 amide bonds. The third-order valence-electron chi connectivity index (χ3n) is 11.2. The van der Waals surface area contributed by atoms with Crippen molar-refractivity contribution in [3.63, 3.8) is 0 Å². The number of nitro benzene ring substituents is 1. The number of piperidine rings is 1. The standard InChI is InChI=1S/C41H67N5O9SSi/c1-12-29(5)36(43-37(47)33-17-14-15-22-44(33)9)39(48)45(54-24-16-23-52-26-30-18-20-31(21-19-30)46(50)51)34(28(3)4)25-35(55-57(10,11)41(6,7)8)38-42-32(27-56-38)40(49)53-13-2/h18-21,27-29,33-36H,12-17,22-26H2,1-11H3,(H,43,47)/t29-,33+,34+,35+,36-/m0/s1. The molecule has 0 radical (unpaired) electrons. The summed E-state index contributed by atoms with van der Waals surface area (Å²) in [6.07, 6.45) is 3.58. The van der Waals surface area contributed by atoms with E-state index in [-0.39, 0.29) is 65.9 Å². The fourth-order valence-corrected chi connectivity index (χ4v) is 8.54. The molecule has 1 fully saturated rings. The maximum Gasteiger partial charge on any atom is 0.357 e. The number of nitrogens with one attached hydrogen (secondary N) is 1. The number of benzene rings is 1. The topological polar surface area (TPSA) is 163 Å². The van der Waals surface area contributed by atoms with E-state index in [1.807, 2.05) is 34.7 Å². The second-order valence-corrected chi connectivity index (χ2v) is 22.5. The predicted molar refractivity (Wildman–Crippen MR) is 224 cm³/mol. The van der Waals surface area contributed by atoms with Crippen LogP contribution >= 0.6 is 11.3 Å². The van der Waals surface area contributed by atoms with Gasteiger partial charge in [-0.05, 0) is 87.4 Å². The van der Waals surface area contributed by atoms with Gasteiger partial charge in [0.15, 0.2) is 14.0 Å². The molecule has 0 aliphatic carbocycles. The molecule has 1 aliphatic heterocycles. The van der Waals surface area contributed by atoms with Gasteiger partial charge >= 0.3 is 5.97 Å². The van der Waals surface area contributed by atoms with Gasteiger partial charge in [0.1, 0.15) is 11.0 Å². The first-order chi connectivity index (χ1) is 26.8. The number of nitro groups is 1. The zero-order valence-corrected chi connectivity index (χ0v) is 37.8. The normalized spacial score (nSPS) is 17.4. The molecule has 5 atom stereocenters. The van der Waals surface area contributed by atoms with Crippen LogP contribution in [0.2, 0.25) is 18.1 Å². The van der Waals surface area contributed by atoms with Gasteiger partial charge in [-0.15, -0.1) is 11.3 Å². The summed E-state index contributed by atoms with van der Waals surface area (Å²) in [4.78, 5) is 65.3. The minimum atomic E-state index is -2.42. The molecule has 1 N–H and O–H groups in total. The average Bonchev–Trinajstić information content (AvgIpc) is 3.65. The SMILES string of the molecule is CCOC(=O)c1csc([C@@H](C[C@H](C(C)C)N(OCCCOCc2ccc([N+](=O)[O-])cc2)C(=O)[C@@H](NC(=O)[C@H]2CCCCN2C)[C@@H](C)CC)O[Si](C)(C)C(C)(C)C)n1. The van der Waals surface area contributed by atoms with Crippen molar-refractivity contribution in [3.05, 3.63) is 56.0 Å². The van der Waals surface area contributed by atoms with Crippen molar-refractivity contribution in [2.45, 2.75) is 143 Å². The lowest BCUT2D eigenvalue weighted by molar-refractivity contribution is -0.384. The molecule has 1 saturated heterocycles. The van der Waals surface area contributed by atoms with Crippen LogP contribution < -0.4 is 5.32 Å². The Bertz CT molecular complexity index is 1600. The Hall–Kier alpha value is -3.28. The van der Waals surface area contributed by atoms with Crippen molar-refractivity contribution in [3.8, 4) is 0 Å². The molecule has 14 nitrogen and oxygen atoms in total. The molecular weight excluding hydrogens is 767 g/mol. The van der Waals surface area contributed by atoms with Gasteiger partial charge < -0.3 is 19.2 Å². The number of ether oxygens (including phenoxy) is 2. The minimum absolute atomic E-state index is 0.0144. The summed E-state index contributed by atoms with van der Waals surface area (Å²) in [6, 6.07) is 4.55. The number of aromatic nitrogens is 1. The number of thiazole rings is 1. The first-order valence-corrected chi connectivity index (χ1v) is 24.2. The van der Waals surface area contributed by atoms with Gasteiger partial charge in [-0.2, -0.15) is 0 Å². The molecule has 0 spiro atoms. The van der Waals surface area contributed by atoms with Crippen LogP contribution in [0.15, 0.2) is 29.6 Å². The fourth-order valence-electron chi connectivity index (χ4n) is 6.35. The highest BCUT2D eigenvalue weighted by atomic mass is 32.1. The second-order valence-electron chi connectivity index (χ2n) is 16.9. The van der Waals surface area contributed by atoms with Gasteiger partial charge in [0.05, 0.1) is 42.9 Å². The van der Waals surface area contributed by atoms with Crippen LogP contribution in [0.3, 0.4) is 0 Å². The number of carbonyl (C=O) groups is 3. The van der Waals surface area contributed by atoms with E-state index in [9.17, 15) is 24.5 Å². The van der Waals surface area contributed by atoms with Gasteiger partial charge in [-0.3, -0.25) is 29.4 Å². The summed E-state index contributed by atoms with van der Waals surface area (Å²) in [7, 11) is -0.473. The molecule has 57 heavy (non-hydrogen) atoms. The average molecular weight is 834 g/mol. The Morgan fingerprint density at radius 1 is 1.11 bits per heavy atom. The third kappa shape index (κ3) is 13.9. The number of likely N-dealkylation sites (N-methyl/N-ethyl adjacent to an activating group) is 1. The Balaban J connectivity index is 1.96. The maximum absolute atomic E-state index is 15.0. The summed E-state index contributed by atoms with van der Waals surface area (Å²) in [5.41, 5.74) is 1.03. The smallest absolute Gasteiger partial charge is 0.357 e. The van der Waals surface area contributed by atoms with Gasteiger partial charge in [-0.25, -0.2) is 14.8 Å².